The molecule has 28 heavy (non-hydrogen) atoms. The predicted octanol–water partition coefficient (Wildman–Crippen LogP) is 3.14. The van der Waals surface area contributed by atoms with E-state index in [0.29, 0.717) is 17.9 Å². The van der Waals surface area contributed by atoms with Crippen molar-refractivity contribution in [2.75, 3.05) is 31.1 Å². The number of anilines is 1. The van der Waals surface area contributed by atoms with Crippen molar-refractivity contribution >= 4 is 33.3 Å². The molecule has 4 unspecified atom stereocenters. The van der Waals surface area contributed by atoms with Crippen LogP contribution < -0.4 is 10.2 Å². The number of rotatable bonds is 4. The average molecular weight is 402 g/mol. The molecule has 6 nitrogen and oxygen atoms in total. The Morgan fingerprint density at radius 2 is 2.00 bits per heavy atom. The maximum absolute atomic E-state index is 12.9. The molecule has 152 valence electrons. The van der Waals surface area contributed by atoms with Gasteiger partial charge in [-0.25, -0.2) is 9.97 Å². The fourth-order valence-corrected chi connectivity index (χ4v) is 5.33. The first kappa shape index (κ1) is 19.6. The third-order valence-corrected chi connectivity index (χ3v) is 7.64. The van der Waals surface area contributed by atoms with Crippen molar-refractivity contribution in [1.82, 2.24) is 20.2 Å². The molecule has 0 aromatic carbocycles. The molecule has 4 atom stereocenters. The Hall–Kier alpha value is -1.73. The van der Waals surface area contributed by atoms with Crippen molar-refractivity contribution in [1.29, 1.82) is 0 Å². The second kappa shape index (κ2) is 8.33. The van der Waals surface area contributed by atoms with Crippen LogP contribution in [0.3, 0.4) is 0 Å². The predicted molar refractivity (Wildman–Crippen MR) is 115 cm³/mol. The number of amides is 1. The number of nitrogens with zero attached hydrogens (tertiary/aromatic N) is 4. The number of hydrogen-bond acceptors (Lipinski definition) is 6. The van der Waals surface area contributed by atoms with Gasteiger partial charge in [-0.05, 0) is 36.6 Å². The van der Waals surface area contributed by atoms with Gasteiger partial charge < -0.3 is 10.2 Å². The standard InChI is InChI=1S/C21H31N5OS/c1-14-5-4-6-18(15(14)2)24-20(27)16(3)25-8-10-26(11-9-25)19-17-7-12-28-21(17)23-13-22-19/h7,12-16,18H,4-6,8-11H2,1-3H3,(H,24,27). The van der Waals surface area contributed by atoms with Crippen LogP contribution in [0, 0.1) is 11.8 Å². The van der Waals surface area contributed by atoms with Crippen LogP contribution in [0.1, 0.15) is 40.0 Å². The van der Waals surface area contributed by atoms with E-state index >= 15 is 0 Å². The van der Waals surface area contributed by atoms with Crippen molar-refractivity contribution in [3.63, 3.8) is 0 Å². The number of thiophene rings is 1. The van der Waals surface area contributed by atoms with E-state index in [1.54, 1.807) is 17.7 Å². The Kier molecular flexibility index (Phi) is 5.83. The van der Waals surface area contributed by atoms with Gasteiger partial charge in [-0.3, -0.25) is 9.69 Å². The molecule has 1 amide bonds. The van der Waals surface area contributed by atoms with Crippen LogP contribution in [0.25, 0.3) is 10.2 Å². The van der Waals surface area contributed by atoms with Gasteiger partial charge in [0, 0.05) is 32.2 Å². The fraction of sp³-hybridized carbons (Fsp3) is 0.667. The van der Waals surface area contributed by atoms with Gasteiger partial charge >= 0.3 is 0 Å². The van der Waals surface area contributed by atoms with Gasteiger partial charge in [0.25, 0.3) is 0 Å². The van der Waals surface area contributed by atoms with Crippen LogP contribution >= 0.6 is 11.3 Å². The van der Waals surface area contributed by atoms with Crippen LogP contribution in [0.2, 0.25) is 0 Å². The highest BCUT2D eigenvalue weighted by molar-refractivity contribution is 7.16. The van der Waals surface area contributed by atoms with Crippen molar-refractivity contribution < 1.29 is 4.79 Å². The van der Waals surface area contributed by atoms with Gasteiger partial charge in [0.15, 0.2) is 0 Å². The average Bonchev–Trinajstić information content (AvgIpc) is 3.20. The molecule has 0 radical (unpaired) electrons. The normalized spacial score (nSPS) is 27.7. The second-order valence-corrected chi connectivity index (χ2v) is 9.31. The van der Waals surface area contributed by atoms with Gasteiger partial charge in [0.05, 0.1) is 11.4 Å². The van der Waals surface area contributed by atoms with Crippen LogP contribution in [0.5, 0.6) is 0 Å². The number of nitrogens with one attached hydrogen (secondary N) is 1. The summed E-state index contributed by atoms with van der Waals surface area (Å²) in [5.41, 5.74) is 0. The van der Waals surface area contributed by atoms with E-state index in [0.717, 1.165) is 48.6 Å². The monoisotopic (exact) mass is 401 g/mol. The van der Waals surface area contributed by atoms with Gasteiger partial charge in [-0.2, -0.15) is 0 Å². The van der Waals surface area contributed by atoms with Gasteiger partial charge in [-0.15, -0.1) is 11.3 Å². The maximum atomic E-state index is 12.9. The number of carbonyl (C=O) groups excluding carboxylic acids is 1. The summed E-state index contributed by atoms with van der Waals surface area (Å²) in [4.78, 5) is 27.4. The third kappa shape index (κ3) is 3.87. The first-order valence-electron chi connectivity index (χ1n) is 10.5. The molecule has 2 aromatic rings. The third-order valence-electron chi connectivity index (χ3n) is 6.82. The molecule has 7 heteroatoms. The molecule has 1 aliphatic heterocycles. The minimum Gasteiger partial charge on any atom is -0.353 e. The van der Waals surface area contributed by atoms with Crippen LogP contribution in [-0.4, -0.2) is 59.0 Å². The van der Waals surface area contributed by atoms with Gasteiger partial charge in [0.2, 0.25) is 5.91 Å². The minimum atomic E-state index is -0.0850. The second-order valence-electron chi connectivity index (χ2n) is 8.42. The van der Waals surface area contributed by atoms with E-state index in [-0.39, 0.29) is 11.9 Å². The van der Waals surface area contributed by atoms with E-state index in [1.165, 1.54) is 12.8 Å². The largest absolute Gasteiger partial charge is 0.353 e. The van der Waals surface area contributed by atoms with E-state index < -0.39 is 0 Å². The summed E-state index contributed by atoms with van der Waals surface area (Å²) < 4.78 is 0. The Morgan fingerprint density at radius 3 is 2.79 bits per heavy atom. The molecule has 4 rings (SSSR count). The van der Waals surface area contributed by atoms with E-state index in [2.05, 4.69) is 50.4 Å². The molecule has 2 fully saturated rings. The van der Waals surface area contributed by atoms with Crippen molar-refractivity contribution in [2.45, 2.75) is 52.1 Å². The zero-order valence-electron chi connectivity index (χ0n) is 17.1. The topological polar surface area (TPSA) is 61.4 Å². The lowest BCUT2D eigenvalue weighted by molar-refractivity contribution is -0.127. The Labute approximate surface area is 171 Å². The molecule has 3 heterocycles. The Morgan fingerprint density at radius 1 is 1.21 bits per heavy atom. The van der Waals surface area contributed by atoms with Crippen molar-refractivity contribution in [2.24, 2.45) is 11.8 Å². The highest BCUT2D eigenvalue weighted by Crippen LogP contribution is 2.30. The lowest BCUT2D eigenvalue weighted by Crippen LogP contribution is -2.56. The first-order valence-corrected chi connectivity index (χ1v) is 11.4. The first-order chi connectivity index (χ1) is 13.5. The molecule has 1 saturated carbocycles. The highest BCUT2D eigenvalue weighted by atomic mass is 32.1. The summed E-state index contributed by atoms with van der Waals surface area (Å²) in [5, 5.41) is 6.55. The molecule has 1 aliphatic carbocycles. The Balaban J connectivity index is 1.34. The number of fused-ring (bicyclic) bond motifs is 1. The zero-order chi connectivity index (χ0) is 19.7. The minimum absolute atomic E-state index is 0.0850. The number of aromatic nitrogens is 2. The quantitative estimate of drug-likeness (QED) is 0.853. The van der Waals surface area contributed by atoms with E-state index in [4.69, 9.17) is 0 Å². The fourth-order valence-electron chi connectivity index (χ4n) is 4.60. The number of carbonyl (C=O) groups is 1. The maximum Gasteiger partial charge on any atom is 0.237 e. The summed E-state index contributed by atoms with van der Waals surface area (Å²) >= 11 is 1.65. The smallest absolute Gasteiger partial charge is 0.237 e. The molecule has 2 aliphatic rings. The summed E-state index contributed by atoms with van der Waals surface area (Å²) in [6.07, 6.45) is 5.27. The molecule has 0 bridgehead atoms. The lowest BCUT2D eigenvalue weighted by atomic mass is 9.78. The zero-order valence-corrected chi connectivity index (χ0v) is 17.9. The molecule has 1 saturated heterocycles. The van der Waals surface area contributed by atoms with Crippen LogP contribution in [0.4, 0.5) is 5.82 Å². The molecule has 0 spiro atoms. The Bertz CT molecular complexity index is 816. The number of hydrogen-bond donors (Lipinski definition) is 1. The molecule has 2 aromatic heterocycles. The number of piperazine rings is 1. The van der Waals surface area contributed by atoms with Crippen LogP contribution in [0.15, 0.2) is 17.8 Å². The molecular weight excluding hydrogens is 370 g/mol. The SMILES string of the molecule is CC1CCCC(NC(=O)C(C)N2CCN(c3ncnc4sccc34)CC2)C1C. The summed E-state index contributed by atoms with van der Waals surface area (Å²) in [5.74, 6) is 2.46. The van der Waals surface area contributed by atoms with Crippen molar-refractivity contribution in [3.8, 4) is 0 Å². The molecule has 1 N–H and O–H groups in total. The van der Waals surface area contributed by atoms with Gasteiger partial charge in [-0.1, -0.05) is 26.7 Å². The summed E-state index contributed by atoms with van der Waals surface area (Å²) in [7, 11) is 0. The van der Waals surface area contributed by atoms with Crippen LogP contribution in [-0.2, 0) is 4.79 Å². The van der Waals surface area contributed by atoms with Crippen molar-refractivity contribution in [3.05, 3.63) is 17.8 Å². The highest BCUT2D eigenvalue weighted by Gasteiger charge is 2.32. The summed E-state index contributed by atoms with van der Waals surface area (Å²) in [6, 6.07) is 2.34. The summed E-state index contributed by atoms with van der Waals surface area (Å²) in [6.45, 7) is 10.2. The van der Waals surface area contributed by atoms with Gasteiger partial charge in [0.1, 0.15) is 17.0 Å². The van der Waals surface area contributed by atoms with E-state index in [1.807, 2.05) is 6.92 Å². The molecular formula is C21H31N5OS. The van der Waals surface area contributed by atoms with E-state index in [9.17, 15) is 4.79 Å². The lowest BCUT2D eigenvalue weighted by Gasteiger charge is -2.39.